The van der Waals surface area contributed by atoms with Gasteiger partial charge in [0.05, 0.1) is 23.1 Å². The molecule has 0 spiro atoms. The van der Waals surface area contributed by atoms with Gasteiger partial charge in [0.1, 0.15) is 0 Å². The van der Waals surface area contributed by atoms with E-state index in [0.717, 1.165) is 32.7 Å². The van der Waals surface area contributed by atoms with Gasteiger partial charge in [-0.1, -0.05) is 48.9 Å². The molecule has 0 bridgehead atoms. The van der Waals surface area contributed by atoms with Crippen LogP contribution in [0, 0.1) is 0 Å². The number of fused-ring (bicyclic) bond motifs is 2. The molecule has 3 amide bonds. The van der Waals surface area contributed by atoms with E-state index in [1.807, 2.05) is 4.90 Å². The van der Waals surface area contributed by atoms with Crippen LogP contribution in [0.2, 0.25) is 0 Å². The number of nitrogens with one attached hydrogen (secondary N) is 2. The average molecular weight is 485 g/mol. The Morgan fingerprint density at radius 3 is 2.56 bits per heavy atom. The van der Waals surface area contributed by atoms with Gasteiger partial charge in [-0.3, -0.25) is 9.69 Å². The Morgan fingerprint density at radius 1 is 0.971 bits per heavy atom. The molecular formula is C25H32N4O4S. The molecule has 9 heteroatoms. The number of piperazine rings is 1. The van der Waals surface area contributed by atoms with Crippen molar-refractivity contribution in [2.45, 2.75) is 49.6 Å². The van der Waals surface area contributed by atoms with Gasteiger partial charge in [0.2, 0.25) is 5.91 Å². The number of benzene rings is 2. The lowest BCUT2D eigenvalue weighted by Gasteiger charge is -2.35. The van der Waals surface area contributed by atoms with Crippen LogP contribution in [-0.2, 0) is 21.2 Å². The van der Waals surface area contributed by atoms with Crippen LogP contribution in [0.15, 0.2) is 42.5 Å². The third kappa shape index (κ3) is 4.77. The molecule has 2 aromatic carbocycles. The molecule has 0 aromatic heterocycles. The zero-order chi connectivity index (χ0) is 23.7. The zero-order valence-corrected chi connectivity index (χ0v) is 20.1. The summed E-state index contributed by atoms with van der Waals surface area (Å²) in [5.74, 6) is 0.149. The molecule has 2 aromatic rings. The van der Waals surface area contributed by atoms with Crippen molar-refractivity contribution in [1.29, 1.82) is 0 Å². The fraction of sp³-hybridized carbons (Fsp3) is 0.520. The van der Waals surface area contributed by atoms with Crippen LogP contribution in [0.1, 0.15) is 31.2 Å². The number of hydrogen-bond donors (Lipinski definition) is 2. The largest absolute Gasteiger partial charge is 0.340 e. The second-order valence-corrected chi connectivity index (χ2v) is 11.9. The molecule has 3 aliphatic heterocycles. The predicted octanol–water partition coefficient (Wildman–Crippen LogP) is 1.89. The van der Waals surface area contributed by atoms with Crippen LogP contribution in [0.3, 0.4) is 0 Å². The van der Waals surface area contributed by atoms with Gasteiger partial charge in [0.25, 0.3) is 0 Å². The topological polar surface area (TPSA) is 98.8 Å². The molecule has 3 fully saturated rings. The number of nitrogens with zero attached hydrogens (tertiary/aromatic N) is 2. The van der Waals surface area contributed by atoms with Crippen molar-refractivity contribution in [1.82, 2.24) is 20.4 Å². The van der Waals surface area contributed by atoms with Crippen molar-refractivity contribution in [3.63, 3.8) is 0 Å². The smallest absolute Gasteiger partial charge is 0.315 e. The van der Waals surface area contributed by atoms with Gasteiger partial charge in [-0.25, -0.2) is 13.2 Å². The molecule has 3 heterocycles. The highest BCUT2D eigenvalue weighted by atomic mass is 32.2. The van der Waals surface area contributed by atoms with Gasteiger partial charge in [-0.05, 0) is 29.2 Å². The minimum absolute atomic E-state index is 0.00303. The first-order valence-corrected chi connectivity index (χ1v) is 13.9. The quantitative estimate of drug-likeness (QED) is 0.462. The van der Waals surface area contributed by atoms with E-state index in [4.69, 9.17) is 0 Å². The number of sulfone groups is 1. The standard InChI is InChI=1S/C25H32N4O4S/c30-23(11-4-3-10-22-24-21(17-34(22,32)33)26-25(31)27-24)29-14-12-28(13-15-29)16-19-8-5-7-18-6-1-2-9-20(18)19/h1-2,5-9,21-22,24H,3-4,10-17H2,(H2,26,27,31)/t21-,22+,24-/m1/s1. The highest BCUT2D eigenvalue weighted by Gasteiger charge is 2.51. The SMILES string of the molecule is O=C1N[C@@H]2[C@@H](CS(=O)(=O)[C@H]2CCCCC(=O)N2CCN(Cc3cccc4ccccc34)CC2)N1. The lowest BCUT2D eigenvalue weighted by atomic mass is 10.0. The van der Waals surface area contributed by atoms with Gasteiger partial charge in [-0.15, -0.1) is 0 Å². The highest BCUT2D eigenvalue weighted by Crippen LogP contribution is 2.28. The Bertz CT molecular complexity index is 1170. The number of urea groups is 1. The van der Waals surface area contributed by atoms with Gasteiger partial charge < -0.3 is 15.5 Å². The van der Waals surface area contributed by atoms with Gasteiger partial charge in [0, 0.05) is 39.1 Å². The molecule has 3 aliphatic rings. The van der Waals surface area contributed by atoms with Gasteiger partial charge >= 0.3 is 6.03 Å². The Balaban J connectivity index is 1.06. The Labute approximate surface area is 200 Å². The summed E-state index contributed by atoms with van der Waals surface area (Å²) in [6.07, 6.45) is 2.25. The van der Waals surface area contributed by atoms with Gasteiger partial charge in [0.15, 0.2) is 9.84 Å². The fourth-order valence-corrected chi connectivity index (χ4v) is 7.88. The summed E-state index contributed by atoms with van der Waals surface area (Å²) in [6.45, 7) is 4.03. The van der Waals surface area contributed by atoms with E-state index in [-0.39, 0.29) is 29.8 Å². The van der Waals surface area contributed by atoms with Crippen molar-refractivity contribution in [2.24, 2.45) is 0 Å². The Kier molecular flexibility index (Phi) is 6.48. The maximum absolute atomic E-state index is 12.7. The minimum Gasteiger partial charge on any atom is -0.340 e. The summed E-state index contributed by atoms with van der Waals surface area (Å²) in [7, 11) is -3.21. The molecule has 0 radical (unpaired) electrons. The first-order chi connectivity index (χ1) is 16.4. The first kappa shape index (κ1) is 23.1. The summed E-state index contributed by atoms with van der Waals surface area (Å²) < 4.78 is 24.8. The molecular weight excluding hydrogens is 452 g/mol. The second-order valence-electron chi connectivity index (χ2n) is 9.66. The lowest BCUT2D eigenvalue weighted by molar-refractivity contribution is -0.133. The third-order valence-electron chi connectivity index (χ3n) is 7.45. The van der Waals surface area contributed by atoms with Crippen LogP contribution in [-0.4, -0.2) is 79.4 Å². The zero-order valence-electron chi connectivity index (χ0n) is 19.3. The van der Waals surface area contributed by atoms with Crippen LogP contribution in [0.4, 0.5) is 4.79 Å². The number of unbranched alkanes of at least 4 members (excludes halogenated alkanes) is 1. The molecule has 182 valence electrons. The summed E-state index contributed by atoms with van der Waals surface area (Å²) in [5.41, 5.74) is 1.32. The van der Waals surface area contributed by atoms with Crippen LogP contribution < -0.4 is 10.6 Å². The molecule has 0 unspecified atom stereocenters. The molecule has 3 saturated heterocycles. The number of hydrogen-bond acceptors (Lipinski definition) is 5. The lowest BCUT2D eigenvalue weighted by Crippen LogP contribution is -2.48. The number of amides is 3. The van der Waals surface area contributed by atoms with E-state index >= 15 is 0 Å². The second kappa shape index (κ2) is 9.54. The average Bonchev–Trinajstić information content (AvgIpc) is 3.28. The Morgan fingerprint density at radius 2 is 1.74 bits per heavy atom. The van der Waals surface area contributed by atoms with E-state index in [1.54, 1.807) is 0 Å². The number of carbonyl (C=O) groups excluding carboxylic acids is 2. The molecule has 34 heavy (non-hydrogen) atoms. The monoisotopic (exact) mass is 484 g/mol. The molecule has 3 atom stereocenters. The van der Waals surface area contributed by atoms with Gasteiger partial charge in [-0.2, -0.15) is 0 Å². The minimum atomic E-state index is -3.21. The molecule has 0 saturated carbocycles. The molecule has 2 N–H and O–H groups in total. The van der Waals surface area contributed by atoms with Crippen molar-refractivity contribution < 1.29 is 18.0 Å². The van der Waals surface area contributed by atoms with Crippen LogP contribution in [0.5, 0.6) is 0 Å². The van der Waals surface area contributed by atoms with Crippen molar-refractivity contribution in [2.75, 3.05) is 31.9 Å². The molecule has 5 rings (SSSR count). The van der Waals surface area contributed by atoms with Crippen LogP contribution >= 0.6 is 0 Å². The Hall–Kier alpha value is -2.65. The number of carbonyl (C=O) groups is 2. The summed E-state index contributed by atoms with van der Waals surface area (Å²) >= 11 is 0. The summed E-state index contributed by atoms with van der Waals surface area (Å²) in [6, 6.07) is 13.9. The highest BCUT2D eigenvalue weighted by molar-refractivity contribution is 7.92. The van der Waals surface area contributed by atoms with Crippen LogP contribution in [0.25, 0.3) is 10.8 Å². The van der Waals surface area contributed by atoms with Crippen molar-refractivity contribution in [3.05, 3.63) is 48.0 Å². The fourth-order valence-electron chi connectivity index (χ4n) is 5.61. The normalized spacial score (nSPS) is 26.3. The number of rotatable bonds is 7. The maximum Gasteiger partial charge on any atom is 0.315 e. The summed E-state index contributed by atoms with van der Waals surface area (Å²) in [4.78, 5) is 28.6. The van der Waals surface area contributed by atoms with E-state index in [9.17, 15) is 18.0 Å². The maximum atomic E-state index is 12.7. The van der Waals surface area contributed by atoms with E-state index < -0.39 is 15.1 Å². The van der Waals surface area contributed by atoms with Crippen molar-refractivity contribution in [3.8, 4) is 0 Å². The first-order valence-electron chi connectivity index (χ1n) is 12.2. The third-order valence-corrected chi connectivity index (χ3v) is 9.72. The van der Waals surface area contributed by atoms with E-state index in [1.165, 1.54) is 16.3 Å². The molecule has 8 nitrogen and oxygen atoms in total. The summed E-state index contributed by atoms with van der Waals surface area (Å²) in [5, 5.41) is 7.42. The predicted molar refractivity (Wildman–Crippen MR) is 131 cm³/mol. The molecule has 0 aliphatic carbocycles. The van der Waals surface area contributed by atoms with E-state index in [0.29, 0.717) is 25.7 Å². The van der Waals surface area contributed by atoms with E-state index in [2.05, 4.69) is 58.0 Å². The van der Waals surface area contributed by atoms with Crippen molar-refractivity contribution >= 4 is 32.5 Å².